The molecule has 1 fully saturated rings. The van der Waals surface area contributed by atoms with Crippen LogP contribution in [0.2, 0.25) is 0 Å². The zero-order valence-corrected chi connectivity index (χ0v) is 20.2. The number of piperidine rings is 1. The van der Waals surface area contributed by atoms with Gasteiger partial charge in [-0.3, -0.25) is 13.9 Å². The molecule has 3 heterocycles. The Kier molecular flexibility index (Phi) is 6.12. The van der Waals surface area contributed by atoms with Crippen molar-refractivity contribution in [1.82, 2.24) is 18.4 Å². The second kappa shape index (κ2) is 8.64. The van der Waals surface area contributed by atoms with E-state index >= 15 is 0 Å². The van der Waals surface area contributed by atoms with E-state index in [4.69, 9.17) is 0 Å². The van der Waals surface area contributed by atoms with Crippen LogP contribution in [-0.4, -0.2) is 65.7 Å². The predicted molar refractivity (Wildman–Crippen MR) is 123 cm³/mol. The summed E-state index contributed by atoms with van der Waals surface area (Å²) in [5, 5.41) is 9.27. The Bertz CT molecular complexity index is 1550. The topological polar surface area (TPSA) is 149 Å². The molecule has 0 bridgehead atoms. The summed E-state index contributed by atoms with van der Waals surface area (Å²) in [4.78, 5) is 28.3. The molecule has 1 N–H and O–H groups in total. The van der Waals surface area contributed by atoms with Gasteiger partial charge in [0.05, 0.1) is 10.4 Å². The maximum atomic E-state index is 13.3. The lowest BCUT2D eigenvalue weighted by Gasteiger charge is -2.32. The van der Waals surface area contributed by atoms with Gasteiger partial charge < -0.3 is 5.11 Å². The molecule has 4 rings (SSSR count). The largest absolute Gasteiger partial charge is 0.480 e. The number of carbonyl (C=O) groups is 1. The van der Waals surface area contributed by atoms with E-state index < -0.39 is 44.1 Å². The third-order valence-corrected chi connectivity index (χ3v) is 9.23. The minimum Gasteiger partial charge on any atom is -0.480 e. The minimum atomic E-state index is -4.08. The lowest BCUT2D eigenvalue weighted by molar-refractivity contribution is -0.137. The average Bonchev–Trinajstić information content (AvgIpc) is 3.05. The molecule has 3 aromatic rings. The first-order valence-corrected chi connectivity index (χ1v) is 13.8. The number of pyridine rings is 1. The van der Waals surface area contributed by atoms with Crippen LogP contribution in [0.3, 0.4) is 0 Å². The van der Waals surface area contributed by atoms with Gasteiger partial charge in [-0.2, -0.15) is 4.31 Å². The third-order valence-electron chi connectivity index (χ3n) is 5.99. The molecule has 0 amide bonds. The monoisotopic (exact) mass is 508 g/mol. The Labute approximate surface area is 196 Å². The van der Waals surface area contributed by atoms with Crippen LogP contribution >= 0.6 is 0 Å². The number of aryl methyl sites for hydroxylation is 1. The zero-order valence-electron chi connectivity index (χ0n) is 18.6. The Balaban J connectivity index is 1.67. The summed E-state index contributed by atoms with van der Waals surface area (Å²) in [5.74, 6) is -1.16. The van der Waals surface area contributed by atoms with Crippen molar-refractivity contribution >= 4 is 37.0 Å². The fraction of sp³-hybridized carbons (Fsp3) is 0.381. The summed E-state index contributed by atoms with van der Waals surface area (Å²) in [7, 11) is -7.84. The SMILES string of the molecule is Cc1ccnc2c1n(CC(=O)O)c(=O)n2C1CCN(S(=O)(=O)c2ccccc2S(C)(=O)=O)CC1. The molecule has 0 aliphatic carbocycles. The molecule has 0 spiro atoms. The number of nitrogens with zero attached hydrogens (tertiary/aromatic N) is 4. The number of hydrogen-bond acceptors (Lipinski definition) is 7. The van der Waals surface area contributed by atoms with Crippen LogP contribution in [0.4, 0.5) is 0 Å². The molecule has 182 valence electrons. The number of fused-ring (bicyclic) bond motifs is 1. The van der Waals surface area contributed by atoms with Gasteiger partial charge in [0.1, 0.15) is 11.4 Å². The fourth-order valence-electron chi connectivity index (χ4n) is 4.42. The van der Waals surface area contributed by atoms with Gasteiger partial charge in [0.2, 0.25) is 10.0 Å². The van der Waals surface area contributed by atoms with Crippen molar-refractivity contribution in [3.05, 3.63) is 52.6 Å². The van der Waals surface area contributed by atoms with E-state index in [0.717, 1.165) is 6.26 Å². The first-order valence-electron chi connectivity index (χ1n) is 10.5. The number of hydrogen-bond donors (Lipinski definition) is 1. The number of carboxylic acids is 1. The molecule has 0 atom stereocenters. The molecular weight excluding hydrogens is 484 g/mol. The van der Waals surface area contributed by atoms with Crippen molar-refractivity contribution < 1.29 is 26.7 Å². The van der Waals surface area contributed by atoms with Crippen molar-refractivity contribution in [3.63, 3.8) is 0 Å². The summed E-state index contributed by atoms with van der Waals surface area (Å²) in [5.41, 5.74) is 0.990. The molecule has 1 saturated heterocycles. The van der Waals surface area contributed by atoms with Gasteiger partial charge in [-0.1, -0.05) is 12.1 Å². The van der Waals surface area contributed by atoms with Crippen LogP contribution < -0.4 is 5.69 Å². The van der Waals surface area contributed by atoms with Crippen molar-refractivity contribution in [3.8, 4) is 0 Å². The summed E-state index contributed by atoms with van der Waals surface area (Å²) < 4.78 is 54.6. The summed E-state index contributed by atoms with van der Waals surface area (Å²) in [6.45, 7) is 1.38. The molecule has 1 aromatic carbocycles. The molecule has 1 aliphatic heterocycles. The van der Waals surface area contributed by atoms with Crippen molar-refractivity contribution in [1.29, 1.82) is 0 Å². The van der Waals surface area contributed by atoms with Gasteiger partial charge in [0.15, 0.2) is 15.5 Å². The standard InChI is InChI=1S/C21H24N4O7S2/c1-14-7-10-22-20-19(14)24(13-18(26)27)21(28)25(20)15-8-11-23(12-9-15)34(31,32)17-6-4-3-5-16(17)33(2,29)30/h3-7,10,15H,8-9,11-13H2,1-2H3,(H,26,27). The van der Waals surface area contributed by atoms with Crippen molar-refractivity contribution in [2.45, 2.75) is 42.1 Å². The Morgan fingerprint density at radius 3 is 2.29 bits per heavy atom. The molecule has 1 aliphatic rings. The summed E-state index contributed by atoms with van der Waals surface area (Å²) in [6, 6.07) is 6.78. The number of aromatic nitrogens is 3. The number of benzene rings is 1. The van der Waals surface area contributed by atoms with Crippen LogP contribution in [-0.2, 0) is 31.2 Å². The number of carboxylic acid groups (broad SMARTS) is 1. The highest BCUT2D eigenvalue weighted by molar-refractivity contribution is 7.93. The van der Waals surface area contributed by atoms with E-state index in [1.165, 1.54) is 37.7 Å². The Hall–Kier alpha value is -3.03. The smallest absolute Gasteiger partial charge is 0.331 e. The van der Waals surface area contributed by atoms with E-state index in [1.54, 1.807) is 19.2 Å². The zero-order chi connectivity index (χ0) is 24.8. The maximum Gasteiger partial charge on any atom is 0.331 e. The molecule has 13 heteroatoms. The molecule has 0 unspecified atom stereocenters. The van der Waals surface area contributed by atoms with E-state index in [9.17, 15) is 31.5 Å². The molecule has 11 nitrogen and oxygen atoms in total. The van der Waals surface area contributed by atoms with Crippen LogP contribution in [0.15, 0.2) is 51.1 Å². The van der Waals surface area contributed by atoms with E-state index in [2.05, 4.69) is 4.98 Å². The Morgan fingerprint density at radius 1 is 1.09 bits per heavy atom. The highest BCUT2D eigenvalue weighted by atomic mass is 32.2. The maximum absolute atomic E-state index is 13.3. The normalized spacial score (nSPS) is 16.2. The van der Waals surface area contributed by atoms with Gasteiger partial charge in [0, 0.05) is 31.6 Å². The third kappa shape index (κ3) is 4.14. The lowest BCUT2D eigenvalue weighted by atomic mass is 10.1. The highest BCUT2D eigenvalue weighted by Gasteiger charge is 2.34. The van der Waals surface area contributed by atoms with Crippen LogP contribution in [0.5, 0.6) is 0 Å². The number of sulfone groups is 1. The lowest BCUT2D eigenvalue weighted by Crippen LogP contribution is -2.41. The van der Waals surface area contributed by atoms with Gasteiger partial charge >= 0.3 is 11.7 Å². The van der Waals surface area contributed by atoms with E-state index in [-0.39, 0.29) is 35.7 Å². The quantitative estimate of drug-likeness (QED) is 0.519. The molecule has 2 aromatic heterocycles. The Morgan fingerprint density at radius 2 is 1.71 bits per heavy atom. The second-order valence-electron chi connectivity index (χ2n) is 8.29. The molecule has 0 saturated carbocycles. The van der Waals surface area contributed by atoms with Crippen molar-refractivity contribution in [2.75, 3.05) is 19.3 Å². The summed E-state index contributed by atoms with van der Waals surface area (Å²) in [6.07, 6.45) is 3.06. The first-order chi connectivity index (χ1) is 15.9. The minimum absolute atomic E-state index is 0.0644. The first kappa shape index (κ1) is 24.1. The fourth-order valence-corrected chi connectivity index (χ4v) is 7.49. The van der Waals surface area contributed by atoms with Gasteiger partial charge in [0.25, 0.3) is 0 Å². The second-order valence-corrected chi connectivity index (χ2v) is 12.2. The van der Waals surface area contributed by atoms with Crippen molar-refractivity contribution in [2.24, 2.45) is 0 Å². The number of aliphatic carboxylic acids is 1. The van der Waals surface area contributed by atoms with Gasteiger partial charge in [-0.05, 0) is 43.5 Å². The predicted octanol–water partition coefficient (Wildman–Crippen LogP) is 1.02. The van der Waals surface area contributed by atoms with E-state index in [1.807, 2.05) is 0 Å². The van der Waals surface area contributed by atoms with Crippen LogP contribution in [0.1, 0.15) is 24.4 Å². The summed E-state index contributed by atoms with van der Waals surface area (Å²) >= 11 is 0. The van der Waals surface area contributed by atoms with Gasteiger partial charge in [-0.15, -0.1) is 0 Å². The highest BCUT2D eigenvalue weighted by Crippen LogP contribution is 2.31. The average molecular weight is 509 g/mol. The number of imidazole rings is 1. The van der Waals surface area contributed by atoms with Crippen LogP contribution in [0, 0.1) is 6.92 Å². The molecule has 0 radical (unpaired) electrons. The number of rotatable bonds is 6. The number of sulfonamides is 1. The molecule has 34 heavy (non-hydrogen) atoms. The van der Waals surface area contributed by atoms with Gasteiger partial charge in [-0.25, -0.2) is 26.6 Å². The van der Waals surface area contributed by atoms with E-state index in [0.29, 0.717) is 16.7 Å². The van der Waals surface area contributed by atoms with Crippen LogP contribution in [0.25, 0.3) is 11.2 Å². The molecular formula is C21H24N4O7S2.